The maximum atomic E-state index is 10.8. The van der Waals surface area contributed by atoms with E-state index in [0.717, 1.165) is 5.69 Å². The number of carbonyl (C=O) groups is 1. The number of hydrazine groups is 1. The normalized spacial score (nSPS) is 9.27. The molecule has 3 N–H and O–H groups in total. The van der Waals surface area contributed by atoms with Crippen molar-refractivity contribution >= 4 is 5.91 Å². The van der Waals surface area contributed by atoms with Crippen molar-refractivity contribution in [3.05, 3.63) is 29.6 Å². The molecule has 1 heterocycles. The minimum Gasteiger partial charge on any atom is -0.290 e. The average molecular weight is 151 g/mol. The number of rotatable bonds is 1. The zero-order valence-corrected chi connectivity index (χ0v) is 6.16. The minimum atomic E-state index is -0.322. The van der Waals surface area contributed by atoms with Crippen molar-refractivity contribution in [2.24, 2.45) is 5.84 Å². The fourth-order valence-corrected chi connectivity index (χ4v) is 0.685. The molecule has 11 heavy (non-hydrogen) atoms. The summed E-state index contributed by atoms with van der Waals surface area (Å²) >= 11 is 0. The Morgan fingerprint density at radius 3 is 2.82 bits per heavy atom. The molecule has 0 spiro atoms. The summed E-state index contributed by atoms with van der Waals surface area (Å²) in [4.78, 5) is 14.8. The molecule has 0 aliphatic rings. The molecule has 0 atom stereocenters. The highest BCUT2D eigenvalue weighted by atomic mass is 16.2. The van der Waals surface area contributed by atoms with Crippen molar-refractivity contribution < 1.29 is 4.79 Å². The van der Waals surface area contributed by atoms with Gasteiger partial charge in [-0.1, -0.05) is 0 Å². The van der Waals surface area contributed by atoms with Gasteiger partial charge in [-0.3, -0.25) is 15.2 Å². The standard InChI is InChI=1S/C7H9N3O/c1-5-2-3-6(4-9-5)7(11)10-8/h2-4H,8H2,1H3,(H,10,11). The smallest absolute Gasteiger partial charge is 0.266 e. The van der Waals surface area contributed by atoms with Gasteiger partial charge in [0, 0.05) is 11.9 Å². The number of hydrogen-bond donors (Lipinski definition) is 2. The van der Waals surface area contributed by atoms with Crippen LogP contribution in [0, 0.1) is 6.92 Å². The number of nitrogens with one attached hydrogen (secondary N) is 1. The first-order valence-electron chi connectivity index (χ1n) is 3.17. The Morgan fingerprint density at radius 2 is 2.36 bits per heavy atom. The molecule has 0 saturated heterocycles. The van der Waals surface area contributed by atoms with Gasteiger partial charge >= 0.3 is 0 Å². The lowest BCUT2D eigenvalue weighted by molar-refractivity contribution is 0.0953. The number of nitrogen functional groups attached to an aromatic ring is 1. The molecule has 4 heteroatoms. The molecule has 0 aromatic carbocycles. The molecule has 0 radical (unpaired) electrons. The van der Waals surface area contributed by atoms with Gasteiger partial charge < -0.3 is 0 Å². The number of nitrogens with two attached hydrogens (primary N) is 1. The van der Waals surface area contributed by atoms with E-state index in [1.54, 1.807) is 12.1 Å². The fourth-order valence-electron chi connectivity index (χ4n) is 0.685. The topological polar surface area (TPSA) is 68.0 Å². The van der Waals surface area contributed by atoms with E-state index in [0.29, 0.717) is 5.56 Å². The van der Waals surface area contributed by atoms with E-state index >= 15 is 0 Å². The average Bonchev–Trinajstić information content (AvgIpc) is 2.05. The number of aryl methyl sites for hydroxylation is 1. The Bertz CT molecular complexity index is 255. The molecule has 0 fully saturated rings. The van der Waals surface area contributed by atoms with Gasteiger partial charge in [0.2, 0.25) is 0 Å². The summed E-state index contributed by atoms with van der Waals surface area (Å²) in [5, 5.41) is 0. The van der Waals surface area contributed by atoms with Gasteiger partial charge in [-0.2, -0.15) is 0 Å². The number of pyridine rings is 1. The minimum absolute atomic E-state index is 0.322. The molecule has 1 amide bonds. The lowest BCUT2D eigenvalue weighted by atomic mass is 10.2. The highest BCUT2D eigenvalue weighted by molar-refractivity contribution is 5.93. The summed E-state index contributed by atoms with van der Waals surface area (Å²) < 4.78 is 0. The Morgan fingerprint density at radius 1 is 1.64 bits per heavy atom. The van der Waals surface area contributed by atoms with Gasteiger partial charge in [0.25, 0.3) is 5.91 Å². The van der Waals surface area contributed by atoms with Crippen LogP contribution in [0.3, 0.4) is 0 Å². The summed E-state index contributed by atoms with van der Waals surface area (Å²) in [7, 11) is 0. The molecular formula is C7H9N3O. The van der Waals surface area contributed by atoms with Crippen molar-refractivity contribution in [2.45, 2.75) is 6.92 Å². The Labute approximate surface area is 64.4 Å². The second-order valence-corrected chi connectivity index (χ2v) is 2.16. The number of carbonyl (C=O) groups excluding carboxylic acids is 1. The zero-order valence-electron chi connectivity index (χ0n) is 6.16. The number of aromatic nitrogens is 1. The Kier molecular flexibility index (Phi) is 2.18. The molecule has 0 saturated carbocycles. The van der Waals surface area contributed by atoms with Crippen LogP contribution in [-0.2, 0) is 0 Å². The maximum absolute atomic E-state index is 10.8. The SMILES string of the molecule is Cc1ccc(C(=O)NN)cn1. The van der Waals surface area contributed by atoms with Crippen LogP contribution in [-0.4, -0.2) is 10.9 Å². The van der Waals surface area contributed by atoms with Gasteiger partial charge in [0.05, 0.1) is 5.56 Å². The molecule has 1 aromatic rings. The third-order valence-corrected chi connectivity index (χ3v) is 1.30. The highest BCUT2D eigenvalue weighted by Crippen LogP contribution is 1.97. The van der Waals surface area contributed by atoms with E-state index in [1.807, 2.05) is 12.3 Å². The van der Waals surface area contributed by atoms with E-state index < -0.39 is 0 Å². The molecule has 0 aliphatic carbocycles. The first kappa shape index (κ1) is 7.68. The third kappa shape index (κ3) is 1.75. The highest BCUT2D eigenvalue weighted by Gasteiger charge is 2.01. The lowest BCUT2D eigenvalue weighted by Gasteiger charge is -1.97. The summed E-state index contributed by atoms with van der Waals surface area (Å²) in [6, 6.07) is 3.43. The number of nitrogens with zero attached hydrogens (tertiary/aromatic N) is 1. The molecule has 0 aliphatic heterocycles. The first-order chi connectivity index (χ1) is 5.24. The molecule has 1 aromatic heterocycles. The fraction of sp³-hybridized carbons (Fsp3) is 0.143. The predicted octanol–water partition coefficient (Wildman–Crippen LogP) is -0.00648. The van der Waals surface area contributed by atoms with Gasteiger partial charge in [-0.05, 0) is 19.1 Å². The second kappa shape index (κ2) is 3.12. The van der Waals surface area contributed by atoms with E-state index in [9.17, 15) is 4.79 Å². The Balaban J connectivity index is 2.90. The second-order valence-electron chi connectivity index (χ2n) is 2.16. The number of hydrogen-bond acceptors (Lipinski definition) is 3. The van der Waals surface area contributed by atoms with Gasteiger partial charge in [-0.15, -0.1) is 0 Å². The van der Waals surface area contributed by atoms with Crippen LogP contribution in [0.2, 0.25) is 0 Å². The molecular weight excluding hydrogens is 142 g/mol. The van der Waals surface area contributed by atoms with Crippen molar-refractivity contribution in [1.29, 1.82) is 0 Å². The maximum Gasteiger partial charge on any atom is 0.266 e. The van der Waals surface area contributed by atoms with Crippen molar-refractivity contribution in [3.63, 3.8) is 0 Å². The zero-order chi connectivity index (χ0) is 8.27. The van der Waals surface area contributed by atoms with Gasteiger partial charge in [-0.25, -0.2) is 5.84 Å². The molecule has 4 nitrogen and oxygen atoms in total. The third-order valence-electron chi connectivity index (χ3n) is 1.30. The Hall–Kier alpha value is -1.42. The van der Waals surface area contributed by atoms with Crippen LogP contribution in [0.1, 0.15) is 16.1 Å². The van der Waals surface area contributed by atoms with Crippen LogP contribution in [0.5, 0.6) is 0 Å². The predicted molar refractivity (Wildman–Crippen MR) is 40.6 cm³/mol. The van der Waals surface area contributed by atoms with Crippen LogP contribution in [0.25, 0.3) is 0 Å². The van der Waals surface area contributed by atoms with E-state index in [1.165, 1.54) is 6.20 Å². The van der Waals surface area contributed by atoms with Crippen molar-refractivity contribution in [1.82, 2.24) is 10.4 Å². The van der Waals surface area contributed by atoms with Gasteiger partial charge in [0.1, 0.15) is 0 Å². The van der Waals surface area contributed by atoms with E-state index in [2.05, 4.69) is 4.98 Å². The largest absolute Gasteiger partial charge is 0.290 e. The van der Waals surface area contributed by atoms with Crippen LogP contribution >= 0.6 is 0 Å². The van der Waals surface area contributed by atoms with Crippen LogP contribution in [0.4, 0.5) is 0 Å². The van der Waals surface area contributed by atoms with Gasteiger partial charge in [0.15, 0.2) is 0 Å². The monoisotopic (exact) mass is 151 g/mol. The summed E-state index contributed by atoms with van der Waals surface area (Å²) in [5.74, 6) is 4.59. The summed E-state index contributed by atoms with van der Waals surface area (Å²) in [6.07, 6.45) is 1.48. The van der Waals surface area contributed by atoms with Crippen molar-refractivity contribution in [3.8, 4) is 0 Å². The first-order valence-corrected chi connectivity index (χ1v) is 3.17. The van der Waals surface area contributed by atoms with E-state index in [4.69, 9.17) is 5.84 Å². The quantitative estimate of drug-likeness (QED) is 0.337. The molecule has 1 rings (SSSR count). The van der Waals surface area contributed by atoms with Crippen molar-refractivity contribution in [2.75, 3.05) is 0 Å². The number of amides is 1. The molecule has 58 valence electrons. The summed E-state index contributed by atoms with van der Waals surface area (Å²) in [6.45, 7) is 1.85. The lowest BCUT2D eigenvalue weighted by Crippen LogP contribution is -2.30. The summed E-state index contributed by atoms with van der Waals surface area (Å²) in [5.41, 5.74) is 3.37. The molecule has 0 bridgehead atoms. The molecule has 0 unspecified atom stereocenters. The van der Waals surface area contributed by atoms with Crippen LogP contribution in [0.15, 0.2) is 18.3 Å². The van der Waals surface area contributed by atoms with E-state index in [-0.39, 0.29) is 5.91 Å². The van der Waals surface area contributed by atoms with Crippen LogP contribution < -0.4 is 11.3 Å².